The van der Waals surface area contributed by atoms with Crippen LogP contribution in [0.4, 0.5) is 0 Å². The van der Waals surface area contributed by atoms with E-state index in [4.69, 9.17) is 10.6 Å². The van der Waals surface area contributed by atoms with Gasteiger partial charge in [0.2, 0.25) is 0 Å². The number of esters is 1. The molecule has 0 radical (unpaired) electrons. The summed E-state index contributed by atoms with van der Waals surface area (Å²) in [4.78, 5) is 10.9. The van der Waals surface area contributed by atoms with Crippen LogP contribution in [0.2, 0.25) is 0 Å². The van der Waals surface area contributed by atoms with Crippen LogP contribution in [0.25, 0.3) is 0 Å². The Balaban J connectivity index is 3.34. The van der Waals surface area contributed by atoms with Gasteiger partial charge in [-0.2, -0.15) is 5.10 Å². The van der Waals surface area contributed by atoms with Gasteiger partial charge in [-0.15, -0.1) is 0 Å². The van der Waals surface area contributed by atoms with E-state index in [1.165, 1.54) is 6.92 Å². The Bertz CT molecular complexity index is 476. The van der Waals surface area contributed by atoms with Gasteiger partial charge >= 0.3 is 5.97 Å². The average Bonchev–Trinajstić information content (AvgIpc) is 2.32. The average molecular weight is 248 g/mol. The number of ether oxygens (including phenoxy) is 1. The van der Waals surface area contributed by atoms with Crippen molar-refractivity contribution in [2.45, 2.75) is 41.2 Å². The zero-order valence-corrected chi connectivity index (χ0v) is 11.6. The fourth-order valence-electron chi connectivity index (χ4n) is 2.08. The zero-order chi connectivity index (χ0) is 13.9. The Kier molecular flexibility index (Phi) is 4.48. The van der Waals surface area contributed by atoms with Crippen molar-refractivity contribution in [1.82, 2.24) is 0 Å². The lowest BCUT2D eigenvalue weighted by molar-refractivity contribution is -0.142. The highest BCUT2D eigenvalue weighted by molar-refractivity contribution is 5.85. The minimum absolute atomic E-state index is 0.267. The molecule has 0 bridgehead atoms. The summed E-state index contributed by atoms with van der Waals surface area (Å²) in [6.45, 7) is 9.82. The molecule has 0 aliphatic rings. The van der Waals surface area contributed by atoms with Gasteiger partial charge in [0.25, 0.3) is 0 Å². The van der Waals surface area contributed by atoms with E-state index >= 15 is 0 Å². The lowest BCUT2D eigenvalue weighted by atomic mass is 9.89. The Labute approximate surface area is 108 Å². The highest BCUT2D eigenvalue weighted by Gasteiger charge is 2.14. The monoisotopic (exact) mass is 248 g/mol. The molecule has 18 heavy (non-hydrogen) atoms. The lowest BCUT2D eigenvalue weighted by Gasteiger charge is -2.18. The van der Waals surface area contributed by atoms with Crippen molar-refractivity contribution in [3.63, 3.8) is 0 Å². The van der Waals surface area contributed by atoms with Gasteiger partial charge in [-0.25, -0.2) is 0 Å². The van der Waals surface area contributed by atoms with E-state index in [9.17, 15) is 4.79 Å². The van der Waals surface area contributed by atoms with E-state index in [-0.39, 0.29) is 5.97 Å². The molecule has 0 aromatic heterocycles. The van der Waals surface area contributed by atoms with E-state index in [1.54, 1.807) is 6.21 Å². The molecule has 0 aliphatic carbocycles. The fraction of sp³-hybridized carbons (Fsp3) is 0.429. The number of nitrogens with two attached hydrogens (primary N) is 1. The molecule has 0 heterocycles. The van der Waals surface area contributed by atoms with Crippen LogP contribution in [-0.2, 0) is 16.1 Å². The predicted molar refractivity (Wildman–Crippen MR) is 72.6 cm³/mol. The topological polar surface area (TPSA) is 64.7 Å². The normalized spacial score (nSPS) is 10.9. The van der Waals surface area contributed by atoms with Gasteiger partial charge in [0.15, 0.2) is 0 Å². The van der Waals surface area contributed by atoms with Gasteiger partial charge in [0.05, 0.1) is 6.21 Å². The molecule has 0 amide bonds. The molecule has 0 saturated carbocycles. The molecule has 1 aromatic rings. The maximum atomic E-state index is 10.9. The van der Waals surface area contributed by atoms with Gasteiger partial charge in [0.1, 0.15) is 6.61 Å². The van der Waals surface area contributed by atoms with Crippen molar-refractivity contribution in [3.8, 4) is 0 Å². The van der Waals surface area contributed by atoms with Gasteiger partial charge in [-0.1, -0.05) is 0 Å². The van der Waals surface area contributed by atoms with Crippen molar-refractivity contribution in [3.05, 3.63) is 33.4 Å². The maximum absolute atomic E-state index is 10.9. The van der Waals surface area contributed by atoms with Crippen molar-refractivity contribution < 1.29 is 9.53 Å². The Morgan fingerprint density at radius 1 is 1.17 bits per heavy atom. The predicted octanol–water partition coefficient (Wildman–Crippen LogP) is 2.28. The van der Waals surface area contributed by atoms with Crippen molar-refractivity contribution in [2.24, 2.45) is 10.9 Å². The number of benzene rings is 1. The number of carbonyl (C=O) groups excluding carboxylic acids is 1. The molecule has 2 N–H and O–H groups in total. The molecular formula is C14H20N2O2. The number of rotatable bonds is 3. The molecule has 0 unspecified atom stereocenters. The van der Waals surface area contributed by atoms with E-state index in [0.29, 0.717) is 6.61 Å². The van der Waals surface area contributed by atoms with Gasteiger partial charge in [-0.05, 0) is 55.5 Å². The van der Waals surface area contributed by atoms with E-state index in [0.717, 1.165) is 33.4 Å². The first-order chi connectivity index (χ1) is 8.40. The minimum Gasteiger partial charge on any atom is -0.461 e. The molecule has 0 spiro atoms. The van der Waals surface area contributed by atoms with E-state index < -0.39 is 0 Å². The molecule has 0 aliphatic heterocycles. The smallest absolute Gasteiger partial charge is 0.302 e. The summed E-state index contributed by atoms with van der Waals surface area (Å²) in [5.74, 6) is 4.97. The Morgan fingerprint density at radius 3 is 2.06 bits per heavy atom. The molecule has 1 aromatic carbocycles. The van der Waals surface area contributed by atoms with Crippen LogP contribution in [0.15, 0.2) is 5.10 Å². The zero-order valence-electron chi connectivity index (χ0n) is 11.6. The lowest BCUT2D eigenvalue weighted by Crippen LogP contribution is -2.08. The third-order valence-corrected chi connectivity index (χ3v) is 3.46. The SMILES string of the molecule is CC(=O)OCc1c(C)c(C)c(C=NN)c(C)c1C. The third kappa shape index (κ3) is 2.70. The molecule has 0 atom stereocenters. The summed E-state index contributed by atoms with van der Waals surface area (Å²) >= 11 is 0. The standard InChI is InChI=1S/C14H20N2O2/c1-8-10(3)14(7-18-12(5)17)11(4)9(2)13(8)6-16-15/h6H,7,15H2,1-5H3. The summed E-state index contributed by atoms with van der Waals surface area (Å²) in [6, 6.07) is 0. The van der Waals surface area contributed by atoms with E-state index in [1.807, 2.05) is 27.7 Å². The second-order valence-electron chi connectivity index (χ2n) is 4.45. The number of nitrogens with zero attached hydrogens (tertiary/aromatic N) is 1. The largest absolute Gasteiger partial charge is 0.461 e. The Hall–Kier alpha value is -1.84. The number of carbonyl (C=O) groups is 1. The summed E-state index contributed by atoms with van der Waals surface area (Å²) in [6.07, 6.45) is 1.67. The Morgan fingerprint density at radius 2 is 1.67 bits per heavy atom. The number of hydrogen-bond acceptors (Lipinski definition) is 4. The number of hydrazone groups is 1. The van der Waals surface area contributed by atoms with Crippen molar-refractivity contribution in [1.29, 1.82) is 0 Å². The van der Waals surface area contributed by atoms with Crippen molar-refractivity contribution in [2.75, 3.05) is 0 Å². The van der Waals surface area contributed by atoms with Crippen LogP contribution in [0.3, 0.4) is 0 Å². The second kappa shape index (κ2) is 5.67. The maximum Gasteiger partial charge on any atom is 0.302 e. The van der Waals surface area contributed by atoms with Crippen LogP contribution in [0, 0.1) is 27.7 Å². The first-order valence-corrected chi connectivity index (χ1v) is 5.86. The van der Waals surface area contributed by atoms with Crippen LogP contribution >= 0.6 is 0 Å². The van der Waals surface area contributed by atoms with Crippen LogP contribution < -0.4 is 5.84 Å². The fourth-order valence-corrected chi connectivity index (χ4v) is 2.08. The molecule has 4 nitrogen and oxygen atoms in total. The van der Waals surface area contributed by atoms with E-state index in [2.05, 4.69) is 5.10 Å². The highest BCUT2D eigenvalue weighted by atomic mass is 16.5. The quantitative estimate of drug-likeness (QED) is 0.386. The summed E-state index contributed by atoms with van der Waals surface area (Å²) in [7, 11) is 0. The minimum atomic E-state index is -0.267. The molecule has 1 rings (SSSR count). The van der Waals surface area contributed by atoms with Gasteiger partial charge in [0, 0.05) is 12.5 Å². The summed E-state index contributed by atoms with van der Waals surface area (Å²) in [5.41, 5.74) is 6.58. The number of hydrogen-bond donors (Lipinski definition) is 1. The van der Waals surface area contributed by atoms with Crippen molar-refractivity contribution >= 4 is 12.2 Å². The van der Waals surface area contributed by atoms with Gasteiger partial charge in [-0.3, -0.25) is 4.79 Å². The van der Waals surface area contributed by atoms with Crippen LogP contribution in [0.5, 0.6) is 0 Å². The molecule has 98 valence electrons. The summed E-state index contributed by atoms with van der Waals surface area (Å²) in [5, 5.41) is 3.60. The molecule has 4 heteroatoms. The first-order valence-electron chi connectivity index (χ1n) is 5.86. The first kappa shape index (κ1) is 14.2. The third-order valence-electron chi connectivity index (χ3n) is 3.46. The second-order valence-corrected chi connectivity index (χ2v) is 4.45. The highest BCUT2D eigenvalue weighted by Crippen LogP contribution is 2.26. The van der Waals surface area contributed by atoms with Crippen LogP contribution in [0.1, 0.15) is 40.3 Å². The molecular weight excluding hydrogens is 228 g/mol. The van der Waals surface area contributed by atoms with Gasteiger partial charge < -0.3 is 10.6 Å². The summed E-state index contributed by atoms with van der Waals surface area (Å²) < 4.78 is 5.10. The molecule has 0 fully saturated rings. The van der Waals surface area contributed by atoms with Crippen LogP contribution in [-0.4, -0.2) is 12.2 Å². The molecule has 0 saturated heterocycles.